The van der Waals surface area contributed by atoms with Crippen molar-refractivity contribution in [3.63, 3.8) is 0 Å². The molecule has 0 heterocycles. The molecule has 0 saturated carbocycles. The molecule has 9 nitrogen and oxygen atoms in total. The highest BCUT2D eigenvalue weighted by Crippen LogP contribution is 2.43. The summed E-state index contributed by atoms with van der Waals surface area (Å²) >= 11 is 0. The lowest BCUT2D eigenvalue weighted by Crippen LogP contribution is -2.37. The maximum atomic E-state index is 12.8. The standard InChI is InChI=1S/C74H116NO8P/c1-6-8-10-12-14-16-18-20-22-24-26-28-29-30-31-32-33-34-35-36-37-38-39-40-41-42-43-44-45-47-49-51-53-55-57-59-61-63-65-67-74(77)83-72(71-82-84(78,79)81-69-68-75(3,4)5)70-80-73(76)66-64-62-60-58-56-54-52-50-48-46-27-25-23-21-19-17-15-13-11-9-7-2/h8-11,14-17,20-23,26-28,30-31,33-34,36-37,39-40,42-43,45-47,51,53,57,59,72H,6-7,12-13,18-19,24-25,29,32,35,38,41,44,48-50,52,54-56,58,60-71H2,1-5H3/p+1/b10-8-,11-9-,16-14-,17-15-,22-20-,23-21-,28-26-,31-30-,34-33-,37-36-,40-39-,43-42-,46-27-,47-45-,53-51-,59-57-. The summed E-state index contributed by atoms with van der Waals surface area (Å²) in [5, 5.41) is 0. The molecular formula is C74H117NO8P+. The molecule has 0 bridgehead atoms. The maximum Gasteiger partial charge on any atom is 0.472 e. The van der Waals surface area contributed by atoms with Crippen molar-refractivity contribution >= 4 is 19.8 Å². The third-order valence-electron chi connectivity index (χ3n) is 12.6. The van der Waals surface area contributed by atoms with Crippen LogP contribution in [0.3, 0.4) is 0 Å². The van der Waals surface area contributed by atoms with Gasteiger partial charge in [0.05, 0.1) is 27.7 Å². The lowest BCUT2D eigenvalue weighted by molar-refractivity contribution is -0.870. The number of carbonyl (C=O) groups is 2. The van der Waals surface area contributed by atoms with E-state index in [-0.39, 0.29) is 26.1 Å². The van der Waals surface area contributed by atoms with E-state index in [0.717, 1.165) is 141 Å². The van der Waals surface area contributed by atoms with Crippen LogP contribution in [-0.4, -0.2) is 74.9 Å². The van der Waals surface area contributed by atoms with Gasteiger partial charge in [-0.25, -0.2) is 4.57 Å². The Morgan fingerprint density at radius 1 is 0.369 bits per heavy atom. The molecular weight excluding hydrogens is 1060 g/mol. The van der Waals surface area contributed by atoms with Crippen molar-refractivity contribution in [1.82, 2.24) is 0 Å². The van der Waals surface area contributed by atoms with Crippen LogP contribution in [0, 0.1) is 0 Å². The Kier molecular flexibility index (Phi) is 58.6. The van der Waals surface area contributed by atoms with E-state index < -0.39 is 32.5 Å². The van der Waals surface area contributed by atoms with Gasteiger partial charge in [-0.15, -0.1) is 0 Å². The molecule has 10 heteroatoms. The first-order chi connectivity index (χ1) is 41.0. The first-order valence-corrected chi connectivity index (χ1v) is 33.7. The van der Waals surface area contributed by atoms with Crippen molar-refractivity contribution in [2.24, 2.45) is 0 Å². The van der Waals surface area contributed by atoms with Gasteiger partial charge in [-0.1, -0.05) is 247 Å². The molecule has 2 unspecified atom stereocenters. The molecule has 0 aromatic rings. The number of quaternary nitrogens is 1. The fourth-order valence-corrected chi connectivity index (χ4v) is 8.49. The number of phosphoric acid groups is 1. The van der Waals surface area contributed by atoms with Gasteiger partial charge in [-0.2, -0.15) is 0 Å². The molecule has 470 valence electrons. The van der Waals surface area contributed by atoms with E-state index in [1.165, 1.54) is 25.7 Å². The average molecular weight is 1180 g/mol. The zero-order valence-corrected chi connectivity index (χ0v) is 54.2. The van der Waals surface area contributed by atoms with Gasteiger partial charge >= 0.3 is 19.8 Å². The molecule has 0 radical (unpaired) electrons. The fourth-order valence-electron chi connectivity index (χ4n) is 7.75. The van der Waals surface area contributed by atoms with Gasteiger partial charge in [0.15, 0.2) is 6.10 Å². The molecule has 0 aliphatic rings. The van der Waals surface area contributed by atoms with Crippen LogP contribution >= 0.6 is 7.82 Å². The molecule has 0 rings (SSSR count). The van der Waals surface area contributed by atoms with Gasteiger partial charge in [-0.05, 0) is 141 Å². The summed E-state index contributed by atoms with van der Waals surface area (Å²) in [6, 6.07) is 0. The van der Waals surface area contributed by atoms with Gasteiger partial charge in [0.1, 0.15) is 19.8 Å². The number of hydrogen-bond acceptors (Lipinski definition) is 7. The molecule has 0 amide bonds. The molecule has 0 aliphatic heterocycles. The summed E-state index contributed by atoms with van der Waals surface area (Å²) < 4.78 is 34.5. The normalized spacial score (nSPS) is 14.5. The fraction of sp³-hybridized carbons (Fsp3) is 0.541. The Morgan fingerprint density at radius 3 is 0.976 bits per heavy atom. The summed E-state index contributed by atoms with van der Waals surface area (Å²) in [4.78, 5) is 35.7. The van der Waals surface area contributed by atoms with Crippen LogP contribution in [0.1, 0.15) is 206 Å². The van der Waals surface area contributed by atoms with Crippen LogP contribution in [-0.2, 0) is 32.7 Å². The Morgan fingerprint density at radius 2 is 0.643 bits per heavy atom. The van der Waals surface area contributed by atoms with Crippen molar-refractivity contribution in [2.45, 2.75) is 213 Å². The van der Waals surface area contributed by atoms with Crippen molar-refractivity contribution in [3.05, 3.63) is 194 Å². The first kappa shape index (κ1) is 78.8. The van der Waals surface area contributed by atoms with Crippen LogP contribution in [0.5, 0.6) is 0 Å². The van der Waals surface area contributed by atoms with Crippen molar-refractivity contribution in [3.8, 4) is 0 Å². The zero-order valence-electron chi connectivity index (χ0n) is 53.3. The van der Waals surface area contributed by atoms with E-state index in [1.54, 1.807) is 0 Å². The molecule has 0 aliphatic carbocycles. The number of esters is 2. The molecule has 2 atom stereocenters. The molecule has 0 spiro atoms. The van der Waals surface area contributed by atoms with Crippen LogP contribution in [0.2, 0.25) is 0 Å². The highest BCUT2D eigenvalue weighted by atomic mass is 31.2. The number of hydrogen-bond donors (Lipinski definition) is 1. The SMILES string of the molecule is CC/C=C\C/C=C\C/C=C\C/C=C\C/C=C\C/C=C\C/C=C\C/C=C\C/C=C\C/C=C\C/C=C\C/C=C\CCCCC(=O)OC(COC(=O)CCCCCCCCCC/C=C\C/C=C\C/C=C\C/C=C\CC)COP(=O)(O)OCC[N+](C)(C)C. The third-order valence-corrected chi connectivity index (χ3v) is 13.6. The molecule has 0 fully saturated rings. The number of phosphoric ester groups is 1. The Bertz CT molecular complexity index is 2120. The zero-order chi connectivity index (χ0) is 61.2. The summed E-state index contributed by atoms with van der Waals surface area (Å²) in [5.74, 6) is -0.875. The second-order valence-electron chi connectivity index (χ2n) is 21.7. The lowest BCUT2D eigenvalue weighted by atomic mass is 10.1. The second-order valence-corrected chi connectivity index (χ2v) is 23.1. The van der Waals surface area contributed by atoms with E-state index in [9.17, 15) is 19.0 Å². The summed E-state index contributed by atoms with van der Waals surface area (Å²) in [6.45, 7) is 4.11. The lowest BCUT2D eigenvalue weighted by Gasteiger charge is -2.24. The molecule has 1 N–H and O–H groups in total. The maximum absolute atomic E-state index is 12.8. The minimum absolute atomic E-state index is 0.0102. The first-order valence-electron chi connectivity index (χ1n) is 32.2. The monoisotopic (exact) mass is 1180 g/mol. The van der Waals surface area contributed by atoms with Crippen LogP contribution in [0.15, 0.2) is 194 Å². The van der Waals surface area contributed by atoms with E-state index in [2.05, 4.69) is 208 Å². The predicted molar refractivity (Wildman–Crippen MR) is 362 cm³/mol. The van der Waals surface area contributed by atoms with Crippen molar-refractivity contribution < 1.29 is 42.1 Å². The number of allylic oxidation sites excluding steroid dienone is 32. The van der Waals surface area contributed by atoms with E-state index >= 15 is 0 Å². The summed E-state index contributed by atoms with van der Waals surface area (Å²) in [5.41, 5.74) is 0. The third kappa shape index (κ3) is 66.0. The van der Waals surface area contributed by atoms with Gasteiger partial charge in [-0.3, -0.25) is 18.6 Å². The summed E-state index contributed by atoms with van der Waals surface area (Å²) in [6.07, 6.45) is 98.0. The smallest absolute Gasteiger partial charge is 0.462 e. The molecule has 0 aromatic carbocycles. The molecule has 84 heavy (non-hydrogen) atoms. The topological polar surface area (TPSA) is 108 Å². The Hall–Kier alpha value is -5.15. The average Bonchev–Trinajstić information content (AvgIpc) is 3.61. The quantitative estimate of drug-likeness (QED) is 0.0211. The summed E-state index contributed by atoms with van der Waals surface area (Å²) in [7, 11) is 1.41. The predicted octanol–water partition coefficient (Wildman–Crippen LogP) is 20.9. The highest BCUT2D eigenvalue weighted by molar-refractivity contribution is 7.47. The molecule has 0 saturated heterocycles. The van der Waals surface area contributed by atoms with Crippen LogP contribution in [0.4, 0.5) is 0 Å². The van der Waals surface area contributed by atoms with Gasteiger partial charge < -0.3 is 18.9 Å². The second kappa shape index (κ2) is 62.4. The van der Waals surface area contributed by atoms with Crippen LogP contribution < -0.4 is 0 Å². The number of likely N-dealkylation sites (N-methyl/N-ethyl adjacent to an activating group) is 1. The van der Waals surface area contributed by atoms with Crippen molar-refractivity contribution in [1.29, 1.82) is 0 Å². The number of unbranched alkanes of at least 4 members (excludes halogenated alkanes) is 10. The number of rotatable bonds is 56. The van der Waals surface area contributed by atoms with Gasteiger partial charge in [0.25, 0.3) is 0 Å². The highest BCUT2D eigenvalue weighted by Gasteiger charge is 2.27. The minimum atomic E-state index is -4.42. The van der Waals surface area contributed by atoms with Gasteiger partial charge in [0, 0.05) is 12.8 Å². The van der Waals surface area contributed by atoms with E-state index in [1.807, 2.05) is 21.1 Å². The number of carbonyl (C=O) groups excluding carboxylic acids is 2. The Labute approximate surface area is 513 Å². The van der Waals surface area contributed by atoms with Crippen molar-refractivity contribution in [2.75, 3.05) is 47.5 Å². The van der Waals surface area contributed by atoms with Crippen LogP contribution in [0.25, 0.3) is 0 Å². The number of ether oxygens (including phenoxy) is 2. The minimum Gasteiger partial charge on any atom is -0.462 e. The Balaban J connectivity index is 4.27. The number of nitrogens with zero attached hydrogens (tertiary/aromatic N) is 1. The van der Waals surface area contributed by atoms with E-state index in [4.69, 9.17) is 18.5 Å². The van der Waals surface area contributed by atoms with Gasteiger partial charge in [0.2, 0.25) is 0 Å². The molecule has 0 aromatic heterocycles. The largest absolute Gasteiger partial charge is 0.472 e. The van der Waals surface area contributed by atoms with E-state index in [0.29, 0.717) is 23.9 Å².